The second-order valence-corrected chi connectivity index (χ2v) is 5.26. The minimum absolute atomic E-state index is 0.325. The van der Waals surface area contributed by atoms with Crippen molar-refractivity contribution in [1.29, 1.82) is 5.26 Å². The van der Waals surface area contributed by atoms with Gasteiger partial charge in [0, 0.05) is 19.7 Å². The van der Waals surface area contributed by atoms with Crippen LogP contribution in [0.3, 0.4) is 0 Å². The van der Waals surface area contributed by atoms with E-state index in [1.807, 2.05) is 0 Å². The maximum atomic E-state index is 8.91. The predicted octanol–water partition coefficient (Wildman–Crippen LogP) is 2.54. The van der Waals surface area contributed by atoms with Gasteiger partial charge in [0.25, 0.3) is 0 Å². The molecule has 1 fully saturated rings. The zero-order valence-electron chi connectivity index (χ0n) is 11.6. The molecule has 19 heavy (non-hydrogen) atoms. The van der Waals surface area contributed by atoms with E-state index in [9.17, 15) is 0 Å². The normalized spacial score (nSPS) is 18.7. The topological polar surface area (TPSA) is 36.3 Å². The van der Waals surface area contributed by atoms with Crippen LogP contribution in [-0.2, 0) is 11.2 Å². The van der Waals surface area contributed by atoms with Gasteiger partial charge in [0.2, 0.25) is 0 Å². The van der Waals surface area contributed by atoms with Crippen molar-refractivity contribution in [1.82, 2.24) is 4.90 Å². The van der Waals surface area contributed by atoms with Crippen LogP contribution in [0.5, 0.6) is 0 Å². The van der Waals surface area contributed by atoms with E-state index >= 15 is 0 Å². The van der Waals surface area contributed by atoms with Gasteiger partial charge in [-0.3, -0.25) is 4.90 Å². The molecule has 0 N–H and O–H groups in total. The quantitative estimate of drug-likeness (QED) is 0.736. The van der Waals surface area contributed by atoms with Gasteiger partial charge >= 0.3 is 0 Å². The van der Waals surface area contributed by atoms with Crippen molar-refractivity contribution in [2.45, 2.75) is 32.3 Å². The van der Waals surface area contributed by atoms with Crippen molar-refractivity contribution in [3.63, 3.8) is 0 Å². The Morgan fingerprint density at radius 3 is 2.79 bits per heavy atom. The Kier molecular flexibility index (Phi) is 5.38. The standard InChI is InChI=1S/C16H22N2O/c1-14-4-6-15(7-5-14)8-10-18(11-9-17)13-16-3-2-12-19-16/h4-7,16H,2-3,8,10-13H2,1H3/t16-/m0/s1. The summed E-state index contributed by atoms with van der Waals surface area (Å²) < 4.78 is 5.65. The van der Waals surface area contributed by atoms with Gasteiger partial charge in [-0.15, -0.1) is 0 Å². The molecule has 1 aromatic rings. The molecule has 1 saturated heterocycles. The number of aryl methyl sites for hydroxylation is 1. The van der Waals surface area contributed by atoms with Gasteiger partial charge < -0.3 is 4.74 Å². The molecule has 0 aliphatic carbocycles. The van der Waals surface area contributed by atoms with Crippen LogP contribution >= 0.6 is 0 Å². The average molecular weight is 258 g/mol. The van der Waals surface area contributed by atoms with Crippen LogP contribution in [0.15, 0.2) is 24.3 Å². The van der Waals surface area contributed by atoms with Gasteiger partial charge in [0.05, 0.1) is 18.7 Å². The molecule has 3 nitrogen and oxygen atoms in total. The summed E-state index contributed by atoms with van der Waals surface area (Å²) in [5.41, 5.74) is 2.62. The first-order valence-electron chi connectivity index (χ1n) is 7.04. The molecular formula is C16H22N2O. The first-order chi connectivity index (χ1) is 9.28. The summed E-state index contributed by atoms with van der Waals surface area (Å²) in [5.74, 6) is 0. The summed E-state index contributed by atoms with van der Waals surface area (Å²) in [4.78, 5) is 2.20. The minimum Gasteiger partial charge on any atom is -0.377 e. The molecule has 0 spiro atoms. The minimum atomic E-state index is 0.325. The Bertz CT molecular complexity index is 415. The zero-order valence-corrected chi connectivity index (χ0v) is 11.6. The fourth-order valence-electron chi connectivity index (χ4n) is 2.45. The molecule has 1 heterocycles. The number of ether oxygens (including phenoxy) is 1. The summed E-state index contributed by atoms with van der Waals surface area (Å²) in [6.45, 7) is 5.29. The highest BCUT2D eigenvalue weighted by Crippen LogP contribution is 2.13. The number of rotatable bonds is 6. The highest BCUT2D eigenvalue weighted by Gasteiger charge is 2.18. The second-order valence-electron chi connectivity index (χ2n) is 5.26. The molecule has 0 radical (unpaired) electrons. The molecule has 102 valence electrons. The van der Waals surface area contributed by atoms with Crippen LogP contribution in [0, 0.1) is 18.3 Å². The molecule has 1 atom stereocenters. The Morgan fingerprint density at radius 2 is 2.16 bits per heavy atom. The van der Waals surface area contributed by atoms with E-state index in [-0.39, 0.29) is 0 Å². The van der Waals surface area contributed by atoms with Crippen molar-refractivity contribution in [2.75, 3.05) is 26.2 Å². The lowest BCUT2D eigenvalue weighted by atomic mass is 10.1. The van der Waals surface area contributed by atoms with E-state index in [4.69, 9.17) is 10.00 Å². The molecule has 0 unspecified atom stereocenters. The van der Waals surface area contributed by atoms with Crippen LogP contribution in [0.4, 0.5) is 0 Å². The average Bonchev–Trinajstić information content (AvgIpc) is 2.91. The molecule has 1 aliphatic heterocycles. The summed E-state index contributed by atoms with van der Waals surface area (Å²) in [6.07, 6.45) is 3.61. The summed E-state index contributed by atoms with van der Waals surface area (Å²) in [6, 6.07) is 10.9. The molecule has 2 rings (SSSR count). The van der Waals surface area contributed by atoms with Gasteiger partial charge in [-0.2, -0.15) is 5.26 Å². The van der Waals surface area contributed by atoms with E-state index in [1.165, 1.54) is 11.1 Å². The largest absolute Gasteiger partial charge is 0.377 e. The van der Waals surface area contributed by atoms with Crippen molar-refractivity contribution < 1.29 is 4.74 Å². The highest BCUT2D eigenvalue weighted by molar-refractivity contribution is 5.21. The van der Waals surface area contributed by atoms with Crippen LogP contribution in [0.25, 0.3) is 0 Å². The van der Waals surface area contributed by atoms with Gasteiger partial charge in [-0.1, -0.05) is 29.8 Å². The third-order valence-electron chi connectivity index (χ3n) is 3.62. The lowest BCUT2D eigenvalue weighted by Gasteiger charge is -2.22. The number of hydrogen-bond donors (Lipinski definition) is 0. The molecule has 0 bridgehead atoms. The molecule has 0 aromatic heterocycles. The van der Waals surface area contributed by atoms with E-state index in [2.05, 4.69) is 42.2 Å². The summed E-state index contributed by atoms with van der Waals surface area (Å²) >= 11 is 0. The summed E-state index contributed by atoms with van der Waals surface area (Å²) in [7, 11) is 0. The fourth-order valence-corrected chi connectivity index (χ4v) is 2.45. The smallest absolute Gasteiger partial charge is 0.0866 e. The lowest BCUT2D eigenvalue weighted by Crippen LogP contribution is -2.34. The monoisotopic (exact) mass is 258 g/mol. The Balaban J connectivity index is 1.82. The van der Waals surface area contributed by atoms with Gasteiger partial charge in [0.15, 0.2) is 0 Å². The van der Waals surface area contributed by atoms with E-state index in [0.29, 0.717) is 12.6 Å². The van der Waals surface area contributed by atoms with Crippen molar-refractivity contribution in [2.24, 2.45) is 0 Å². The second kappa shape index (κ2) is 7.28. The number of nitrogens with zero attached hydrogens (tertiary/aromatic N) is 2. The van der Waals surface area contributed by atoms with Gasteiger partial charge in [-0.25, -0.2) is 0 Å². The molecule has 1 aliphatic rings. The first kappa shape index (κ1) is 14.0. The van der Waals surface area contributed by atoms with Crippen LogP contribution < -0.4 is 0 Å². The predicted molar refractivity (Wildman–Crippen MR) is 75.9 cm³/mol. The van der Waals surface area contributed by atoms with Crippen molar-refractivity contribution in [3.05, 3.63) is 35.4 Å². The lowest BCUT2D eigenvalue weighted by molar-refractivity contribution is 0.0777. The molecule has 0 amide bonds. The third kappa shape index (κ3) is 4.66. The number of nitriles is 1. The summed E-state index contributed by atoms with van der Waals surface area (Å²) in [5, 5.41) is 8.91. The molecular weight excluding hydrogens is 236 g/mol. The molecule has 1 aromatic carbocycles. The van der Waals surface area contributed by atoms with Crippen LogP contribution in [0.2, 0.25) is 0 Å². The van der Waals surface area contributed by atoms with Crippen molar-refractivity contribution >= 4 is 0 Å². The number of benzene rings is 1. The fraction of sp³-hybridized carbons (Fsp3) is 0.562. The van der Waals surface area contributed by atoms with E-state index < -0.39 is 0 Å². The zero-order chi connectivity index (χ0) is 13.5. The first-order valence-corrected chi connectivity index (χ1v) is 7.04. The Hall–Kier alpha value is -1.37. The molecule has 0 saturated carbocycles. The van der Waals surface area contributed by atoms with Gasteiger partial charge in [0.1, 0.15) is 0 Å². The highest BCUT2D eigenvalue weighted by atomic mass is 16.5. The Labute approximate surface area is 115 Å². The number of hydrogen-bond acceptors (Lipinski definition) is 3. The van der Waals surface area contributed by atoms with Crippen molar-refractivity contribution in [3.8, 4) is 6.07 Å². The maximum Gasteiger partial charge on any atom is 0.0866 e. The maximum absolute atomic E-state index is 8.91. The van der Waals surface area contributed by atoms with E-state index in [0.717, 1.165) is 39.0 Å². The van der Waals surface area contributed by atoms with E-state index in [1.54, 1.807) is 0 Å². The van der Waals surface area contributed by atoms with Crippen LogP contribution in [0.1, 0.15) is 24.0 Å². The SMILES string of the molecule is Cc1ccc(CCN(CC#N)C[C@@H]2CCCO2)cc1. The Morgan fingerprint density at radius 1 is 1.37 bits per heavy atom. The van der Waals surface area contributed by atoms with Gasteiger partial charge in [-0.05, 0) is 31.7 Å². The van der Waals surface area contributed by atoms with Crippen LogP contribution in [-0.4, -0.2) is 37.2 Å². The molecule has 3 heteroatoms. The third-order valence-corrected chi connectivity index (χ3v) is 3.62.